The lowest BCUT2D eigenvalue weighted by Crippen LogP contribution is -2.25. The number of para-hydroxylation sites is 1. The van der Waals surface area contributed by atoms with Crippen molar-refractivity contribution in [1.29, 1.82) is 0 Å². The topological polar surface area (TPSA) is 59.8 Å². The lowest BCUT2D eigenvalue weighted by molar-refractivity contribution is 0.0949. The molecule has 0 aliphatic rings. The maximum absolute atomic E-state index is 12.3. The van der Waals surface area contributed by atoms with Gasteiger partial charge in [-0.3, -0.25) is 4.79 Å². The van der Waals surface area contributed by atoms with Gasteiger partial charge in [0.05, 0.1) is 15.2 Å². The van der Waals surface area contributed by atoms with E-state index in [-0.39, 0.29) is 5.91 Å². The normalized spacial score (nSPS) is 11.0. The van der Waals surface area contributed by atoms with Gasteiger partial charge in [0.1, 0.15) is 12.0 Å². The van der Waals surface area contributed by atoms with Crippen molar-refractivity contribution >= 4 is 43.4 Å². The van der Waals surface area contributed by atoms with Gasteiger partial charge in [-0.05, 0) is 36.4 Å². The summed E-state index contributed by atoms with van der Waals surface area (Å²) in [6.07, 6.45) is 4.08. The number of aromatic nitrogens is 3. The molecular formula is C19H15BrN4OS. The highest BCUT2D eigenvalue weighted by Crippen LogP contribution is 2.21. The molecule has 7 heteroatoms. The van der Waals surface area contributed by atoms with Crippen LogP contribution in [-0.4, -0.2) is 27.0 Å². The van der Waals surface area contributed by atoms with Crippen molar-refractivity contribution in [2.24, 2.45) is 0 Å². The van der Waals surface area contributed by atoms with Crippen LogP contribution in [0.15, 0.2) is 65.5 Å². The third-order valence-electron chi connectivity index (χ3n) is 3.90. The van der Waals surface area contributed by atoms with Gasteiger partial charge in [-0.15, -0.1) is 11.3 Å². The zero-order valence-corrected chi connectivity index (χ0v) is 16.1. The van der Waals surface area contributed by atoms with E-state index < -0.39 is 0 Å². The summed E-state index contributed by atoms with van der Waals surface area (Å²) in [5.41, 5.74) is 2.36. The average Bonchev–Trinajstić information content (AvgIpc) is 3.29. The molecule has 0 aliphatic heterocycles. The Hall–Kier alpha value is -2.51. The van der Waals surface area contributed by atoms with E-state index in [0.29, 0.717) is 18.7 Å². The minimum Gasteiger partial charge on any atom is -0.350 e. The van der Waals surface area contributed by atoms with E-state index in [1.807, 2.05) is 47.0 Å². The van der Waals surface area contributed by atoms with E-state index in [0.717, 1.165) is 20.7 Å². The van der Waals surface area contributed by atoms with Gasteiger partial charge in [0, 0.05) is 29.3 Å². The van der Waals surface area contributed by atoms with E-state index >= 15 is 0 Å². The first kappa shape index (κ1) is 16.9. The van der Waals surface area contributed by atoms with E-state index in [2.05, 4.69) is 37.3 Å². The Kier molecular flexibility index (Phi) is 4.81. The van der Waals surface area contributed by atoms with Gasteiger partial charge < -0.3 is 9.88 Å². The molecule has 0 radical (unpaired) electrons. The van der Waals surface area contributed by atoms with Crippen molar-refractivity contribution in [3.05, 3.63) is 76.2 Å². The first-order valence-corrected chi connectivity index (χ1v) is 9.72. The molecule has 2 aromatic heterocycles. The fraction of sp³-hybridized carbons (Fsp3) is 0.105. The molecule has 4 rings (SSSR count). The molecule has 2 aromatic carbocycles. The summed E-state index contributed by atoms with van der Waals surface area (Å²) < 4.78 is 4.01. The van der Waals surface area contributed by atoms with Crippen molar-refractivity contribution in [1.82, 2.24) is 19.9 Å². The molecule has 1 amide bonds. The van der Waals surface area contributed by atoms with Crippen LogP contribution in [0.4, 0.5) is 0 Å². The second-order valence-corrected chi connectivity index (χ2v) is 7.75. The molecule has 5 nitrogen and oxygen atoms in total. The first-order chi connectivity index (χ1) is 12.7. The molecule has 130 valence electrons. The number of hydrogen-bond donors (Lipinski definition) is 1. The van der Waals surface area contributed by atoms with Crippen LogP contribution in [0, 0.1) is 0 Å². The van der Waals surface area contributed by atoms with Crippen LogP contribution in [0.2, 0.25) is 0 Å². The number of rotatable bonds is 5. The average molecular weight is 427 g/mol. The molecule has 0 unspecified atom stereocenters. The standard InChI is InChI=1S/C19H15BrN4OS/c20-13-5-7-14(8-6-13)24-11-16(22-12-24)19(25)21-10-9-18-23-15-3-1-2-4-17(15)26-18/h1-8,11-12H,9-10H2,(H,21,25). The second-order valence-electron chi connectivity index (χ2n) is 5.72. The molecule has 0 aliphatic carbocycles. The highest BCUT2D eigenvalue weighted by molar-refractivity contribution is 9.10. The summed E-state index contributed by atoms with van der Waals surface area (Å²) in [7, 11) is 0. The Labute approximate surface area is 162 Å². The van der Waals surface area contributed by atoms with Crippen LogP contribution in [0.3, 0.4) is 0 Å². The molecule has 4 aromatic rings. The molecule has 0 atom stereocenters. The third kappa shape index (κ3) is 3.68. The van der Waals surface area contributed by atoms with E-state index in [1.165, 1.54) is 4.70 Å². The van der Waals surface area contributed by atoms with Gasteiger partial charge in [-0.25, -0.2) is 9.97 Å². The quantitative estimate of drug-likeness (QED) is 0.519. The van der Waals surface area contributed by atoms with E-state index in [4.69, 9.17) is 0 Å². The number of carbonyl (C=O) groups excluding carboxylic acids is 1. The first-order valence-electron chi connectivity index (χ1n) is 8.11. The smallest absolute Gasteiger partial charge is 0.271 e. The van der Waals surface area contributed by atoms with Crippen molar-refractivity contribution < 1.29 is 4.79 Å². The number of benzene rings is 2. The van der Waals surface area contributed by atoms with Crippen molar-refractivity contribution in [2.75, 3.05) is 6.54 Å². The number of hydrogen-bond acceptors (Lipinski definition) is 4. The Morgan fingerprint density at radius 2 is 1.96 bits per heavy atom. The van der Waals surface area contributed by atoms with Gasteiger partial charge in [-0.1, -0.05) is 28.1 Å². The van der Waals surface area contributed by atoms with Crippen LogP contribution in [0.25, 0.3) is 15.9 Å². The molecule has 0 spiro atoms. The minimum absolute atomic E-state index is 0.179. The van der Waals surface area contributed by atoms with Crippen LogP contribution in [0.1, 0.15) is 15.5 Å². The predicted molar refractivity (Wildman–Crippen MR) is 107 cm³/mol. The third-order valence-corrected chi connectivity index (χ3v) is 5.53. The van der Waals surface area contributed by atoms with Gasteiger partial charge in [0.15, 0.2) is 0 Å². The summed E-state index contributed by atoms with van der Waals surface area (Å²) in [6.45, 7) is 0.532. The van der Waals surface area contributed by atoms with E-state index in [1.54, 1.807) is 23.9 Å². The number of fused-ring (bicyclic) bond motifs is 1. The zero-order valence-electron chi connectivity index (χ0n) is 13.7. The fourth-order valence-corrected chi connectivity index (χ4v) is 3.83. The monoisotopic (exact) mass is 426 g/mol. The fourth-order valence-electron chi connectivity index (χ4n) is 2.59. The zero-order chi connectivity index (χ0) is 17.9. The SMILES string of the molecule is O=C(NCCc1nc2ccccc2s1)c1cn(-c2ccc(Br)cc2)cn1. The number of nitrogens with one attached hydrogen (secondary N) is 1. The number of carbonyl (C=O) groups is 1. The number of nitrogens with zero attached hydrogens (tertiary/aromatic N) is 3. The summed E-state index contributed by atoms with van der Waals surface area (Å²) in [5.74, 6) is -0.179. The maximum atomic E-state index is 12.3. The van der Waals surface area contributed by atoms with Crippen molar-refractivity contribution in [3.63, 3.8) is 0 Å². The molecular weight excluding hydrogens is 412 g/mol. The highest BCUT2D eigenvalue weighted by Gasteiger charge is 2.10. The Morgan fingerprint density at radius 3 is 2.77 bits per heavy atom. The predicted octanol–water partition coefficient (Wildman–Crippen LogP) is 4.22. The van der Waals surface area contributed by atoms with E-state index in [9.17, 15) is 4.79 Å². The van der Waals surface area contributed by atoms with Crippen LogP contribution < -0.4 is 5.32 Å². The summed E-state index contributed by atoms with van der Waals surface area (Å²) in [6, 6.07) is 15.9. The Bertz CT molecular complexity index is 1020. The van der Waals surface area contributed by atoms with Crippen LogP contribution >= 0.6 is 27.3 Å². The molecule has 26 heavy (non-hydrogen) atoms. The summed E-state index contributed by atoms with van der Waals surface area (Å²) in [5, 5.41) is 3.93. The van der Waals surface area contributed by atoms with Gasteiger partial charge in [-0.2, -0.15) is 0 Å². The number of imidazole rings is 1. The Balaban J connectivity index is 1.37. The molecule has 0 saturated carbocycles. The molecule has 0 fully saturated rings. The molecule has 1 N–H and O–H groups in total. The highest BCUT2D eigenvalue weighted by atomic mass is 79.9. The minimum atomic E-state index is -0.179. The van der Waals surface area contributed by atoms with Crippen molar-refractivity contribution in [3.8, 4) is 5.69 Å². The second kappa shape index (κ2) is 7.39. The van der Waals surface area contributed by atoms with Gasteiger partial charge >= 0.3 is 0 Å². The molecule has 0 saturated heterocycles. The van der Waals surface area contributed by atoms with Gasteiger partial charge in [0.25, 0.3) is 5.91 Å². The lowest BCUT2D eigenvalue weighted by atomic mass is 10.3. The number of halogens is 1. The van der Waals surface area contributed by atoms with Crippen LogP contribution in [-0.2, 0) is 6.42 Å². The van der Waals surface area contributed by atoms with Gasteiger partial charge in [0.2, 0.25) is 0 Å². The maximum Gasteiger partial charge on any atom is 0.271 e. The summed E-state index contributed by atoms with van der Waals surface area (Å²) >= 11 is 5.07. The number of amides is 1. The molecule has 0 bridgehead atoms. The van der Waals surface area contributed by atoms with Crippen molar-refractivity contribution in [2.45, 2.75) is 6.42 Å². The Morgan fingerprint density at radius 1 is 1.15 bits per heavy atom. The molecule has 2 heterocycles. The van der Waals surface area contributed by atoms with Crippen LogP contribution in [0.5, 0.6) is 0 Å². The largest absolute Gasteiger partial charge is 0.350 e. The summed E-state index contributed by atoms with van der Waals surface area (Å²) in [4.78, 5) is 21.1. The lowest BCUT2D eigenvalue weighted by Gasteiger charge is -2.02. The number of thiazole rings is 1.